The van der Waals surface area contributed by atoms with Crippen molar-refractivity contribution >= 4 is 23.4 Å². The first-order valence-corrected chi connectivity index (χ1v) is 7.47. The van der Waals surface area contributed by atoms with Crippen molar-refractivity contribution < 1.29 is 23.5 Å². The summed E-state index contributed by atoms with van der Waals surface area (Å²) < 4.78 is 23.2. The number of Topliss-reactive ketones (excluding diaryl/α,β-unsaturated/α-hetero) is 1. The molecule has 0 saturated heterocycles. The Morgan fingerprint density at radius 2 is 1.88 bits per heavy atom. The third-order valence-electron chi connectivity index (χ3n) is 3.62. The predicted octanol–water partition coefficient (Wildman–Crippen LogP) is 4.07. The van der Waals surface area contributed by atoms with Gasteiger partial charge in [-0.05, 0) is 47.9 Å². The average Bonchev–Trinajstić information content (AvgIpc) is 2.57. The van der Waals surface area contributed by atoms with E-state index < -0.39 is 11.8 Å². The second-order valence-electron chi connectivity index (χ2n) is 5.17. The standard InChI is InChI=1S/C18H16ClFO4/c1-10-13(7-12(8-15(10)19)17(21)9-23-2)11-4-5-16(20)14(6-11)18(22)24-3/h4-8H,9H2,1-3H3. The van der Waals surface area contributed by atoms with E-state index in [1.165, 1.54) is 32.4 Å². The first kappa shape index (κ1) is 18.1. The summed E-state index contributed by atoms with van der Waals surface area (Å²) in [6.07, 6.45) is 0. The van der Waals surface area contributed by atoms with Crippen LogP contribution in [0.4, 0.5) is 4.39 Å². The first-order valence-electron chi connectivity index (χ1n) is 7.09. The Bertz CT molecular complexity index is 802. The summed E-state index contributed by atoms with van der Waals surface area (Å²) in [6, 6.07) is 7.29. The Kier molecular flexibility index (Phi) is 5.70. The summed E-state index contributed by atoms with van der Waals surface area (Å²) in [6.45, 7) is 1.71. The van der Waals surface area contributed by atoms with E-state index in [0.29, 0.717) is 27.3 Å². The molecule has 126 valence electrons. The van der Waals surface area contributed by atoms with Gasteiger partial charge in [0.05, 0.1) is 12.7 Å². The minimum Gasteiger partial charge on any atom is -0.465 e. The van der Waals surface area contributed by atoms with Crippen LogP contribution < -0.4 is 0 Å². The quantitative estimate of drug-likeness (QED) is 0.602. The SMILES string of the molecule is COCC(=O)c1cc(Cl)c(C)c(-c2ccc(F)c(C(=O)OC)c2)c1. The molecule has 2 aromatic carbocycles. The minimum absolute atomic E-state index is 0.0738. The summed E-state index contributed by atoms with van der Waals surface area (Å²) in [4.78, 5) is 23.7. The van der Waals surface area contributed by atoms with Gasteiger partial charge < -0.3 is 9.47 Å². The van der Waals surface area contributed by atoms with Crippen LogP contribution in [0.1, 0.15) is 26.3 Å². The molecule has 0 unspecified atom stereocenters. The minimum atomic E-state index is -0.773. The number of ketones is 1. The highest BCUT2D eigenvalue weighted by atomic mass is 35.5. The van der Waals surface area contributed by atoms with Crippen molar-refractivity contribution in [2.75, 3.05) is 20.8 Å². The third-order valence-corrected chi connectivity index (χ3v) is 4.02. The average molecular weight is 351 g/mol. The van der Waals surface area contributed by atoms with Gasteiger partial charge in [-0.3, -0.25) is 4.79 Å². The fourth-order valence-electron chi connectivity index (χ4n) is 2.31. The van der Waals surface area contributed by atoms with Gasteiger partial charge in [0.25, 0.3) is 0 Å². The van der Waals surface area contributed by atoms with Crippen molar-refractivity contribution in [2.24, 2.45) is 0 Å². The highest BCUT2D eigenvalue weighted by Crippen LogP contribution is 2.31. The number of benzene rings is 2. The number of methoxy groups -OCH3 is 2. The molecule has 0 saturated carbocycles. The second-order valence-corrected chi connectivity index (χ2v) is 5.58. The topological polar surface area (TPSA) is 52.6 Å². The molecule has 0 amide bonds. The molecule has 0 radical (unpaired) electrons. The van der Waals surface area contributed by atoms with Crippen molar-refractivity contribution in [3.8, 4) is 11.1 Å². The lowest BCUT2D eigenvalue weighted by molar-refractivity contribution is 0.0595. The Labute approximate surface area is 144 Å². The maximum atomic E-state index is 13.8. The zero-order chi connectivity index (χ0) is 17.9. The van der Waals surface area contributed by atoms with E-state index in [1.807, 2.05) is 0 Å². The van der Waals surface area contributed by atoms with Crippen molar-refractivity contribution in [3.05, 3.63) is 57.9 Å². The van der Waals surface area contributed by atoms with E-state index in [-0.39, 0.29) is 18.0 Å². The maximum absolute atomic E-state index is 13.8. The molecule has 0 fully saturated rings. The summed E-state index contributed by atoms with van der Waals surface area (Å²) in [5.74, 6) is -1.68. The lowest BCUT2D eigenvalue weighted by Gasteiger charge is -2.12. The number of ether oxygens (including phenoxy) is 2. The molecule has 0 aromatic heterocycles. The number of halogens is 2. The Balaban J connectivity index is 2.59. The monoisotopic (exact) mass is 350 g/mol. The molecule has 0 heterocycles. The van der Waals surface area contributed by atoms with Gasteiger partial charge in [0.15, 0.2) is 5.78 Å². The molecular weight excluding hydrogens is 335 g/mol. The number of carbonyl (C=O) groups is 2. The van der Waals surface area contributed by atoms with Gasteiger partial charge in [0.2, 0.25) is 0 Å². The van der Waals surface area contributed by atoms with Crippen molar-refractivity contribution in [2.45, 2.75) is 6.92 Å². The lowest BCUT2D eigenvalue weighted by Crippen LogP contribution is -2.08. The van der Waals surface area contributed by atoms with Gasteiger partial charge in [-0.2, -0.15) is 0 Å². The lowest BCUT2D eigenvalue weighted by atomic mass is 9.95. The molecule has 0 aliphatic rings. The van der Waals surface area contributed by atoms with Crippen molar-refractivity contribution in [1.29, 1.82) is 0 Å². The summed E-state index contributed by atoms with van der Waals surface area (Å²) in [5, 5.41) is 0.399. The van der Waals surface area contributed by atoms with Crippen LogP contribution in [0.25, 0.3) is 11.1 Å². The highest BCUT2D eigenvalue weighted by Gasteiger charge is 2.17. The van der Waals surface area contributed by atoms with Crippen LogP contribution >= 0.6 is 11.6 Å². The van der Waals surface area contributed by atoms with Crippen LogP contribution in [-0.4, -0.2) is 32.6 Å². The molecule has 4 nitrogen and oxygen atoms in total. The Morgan fingerprint density at radius 3 is 2.50 bits per heavy atom. The third kappa shape index (κ3) is 3.63. The molecule has 0 spiro atoms. The van der Waals surface area contributed by atoms with E-state index in [9.17, 15) is 14.0 Å². The number of carbonyl (C=O) groups excluding carboxylic acids is 2. The largest absolute Gasteiger partial charge is 0.465 e. The predicted molar refractivity (Wildman–Crippen MR) is 89.1 cm³/mol. The van der Waals surface area contributed by atoms with Gasteiger partial charge in [0, 0.05) is 17.7 Å². The molecule has 2 rings (SSSR count). The molecule has 0 aliphatic carbocycles. The Hall–Kier alpha value is -2.24. The van der Waals surface area contributed by atoms with E-state index in [1.54, 1.807) is 19.1 Å². The smallest absolute Gasteiger partial charge is 0.340 e. The van der Waals surface area contributed by atoms with E-state index in [2.05, 4.69) is 4.74 Å². The molecule has 0 atom stereocenters. The number of hydrogen-bond donors (Lipinski definition) is 0. The molecule has 0 aliphatic heterocycles. The van der Waals surface area contributed by atoms with Crippen LogP contribution in [0.15, 0.2) is 30.3 Å². The van der Waals surface area contributed by atoms with Crippen molar-refractivity contribution in [1.82, 2.24) is 0 Å². The zero-order valence-electron chi connectivity index (χ0n) is 13.5. The van der Waals surface area contributed by atoms with E-state index in [0.717, 1.165) is 0 Å². The van der Waals surface area contributed by atoms with Gasteiger partial charge in [0.1, 0.15) is 12.4 Å². The Morgan fingerprint density at radius 1 is 1.17 bits per heavy atom. The number of esters is 1. The molecule has 2 aromatic rings. The molecular formula is C18H16ClFO4. The molecule has 0 N–H and O–H groups in total. The fourth-order valence-corrected chi connectivity index (χ4v) is 2.53. The maximum Gasteiger partial charge on any atom is 0.340 e. The normalized spacial score (nSPS) is 10.5. The van der Waals surface area contributed by atoms with Crippen LogP contribution in [0.5, 0.6) is 0 Å². The summed E-state index contributed by atoms with van der Waals surface area (Å²) in [7, 11) is 2.61. The van der Waals surface area contributed by atoms with Gasteiger partial charge in [-0.25, -0.2) is 9.18 Å². The second kappa shape index (κ2) is 7.55. The molecule has 0 bridgehead atoms. The summed E-state index contributed by atoms with van der Waals surface area (Å²) >= 11 is 6.22. The zero-order valence-corrected chi connectivity index (χ0v) is 14.2. The van der Waals surface area contributed by atoms with Gasteiger partial charge in [-0.1, -0.05) is 17.7 Å². The number of rotatable bonds is 5. The van der Waals surface area contributed by atoms with E-state index >= 15 is 0 Å². The van der Waals surface area contributed by atoms with Crippen LogP contribution in [0.3, 0.4) is 0 Å². The fraction of sp³-hybridized carbons (Fsp3) is 0.222. The van der Waals surface area contributed by atoms with E-state index in [4.69, 9.17) is 16.3 Å². The number of hydrogen-bond acceptors (Lipinski definition) is 4. The van der Waals surface area contributed by atoms with Crippen molar-refractivity contribution in [3.63, 3.8) is 0 Å². The van der Waals surface area contributed by atoms with Crippen LogP contribution in [-0.2, 0) is 9.47 Å². The van der Waals surface area contributed by atoms with Crippen LogP contribution in [0.2, 0.25) is 5.02 Å². The van der Waals surface area contributed by atoms with Gasteiger partial charge in [-0.15, -0.1) is 0 Å². The van der Waals surface area contributed by atoms with Crippen LogP contribution in [0, 0.1) is 12.7 Å². The van der Waals surface area contributed by atoms with Gasteiger partial charge >= 0.3 is 5.97 Å². The highest BCUT2D eigenvalue weighted by molar-refractivity contribution is 6.32. The summed E-state index contributed by atoms with van der Waals surface area (Å²) in [5.41, 5.74) is 2.11. The molecule has 24 heavy (non-hydrogen) atoms. The first-order chi connectivity index (χ1) is 11.4. The molecule has 6 heteroatoms.